The molecule has 0 unspecified atom stereocenters. The Morgan fingerprint density at radius 2 is 1.79 bits per heavy atom. The summed E-state index contributed by atoms with van der Waals surface area (Å²) in [7, 11) is 3.03. The Morgan fingerprint density at radius 1 is 1.08 bits per heavy atom. The van der Waals surface area contributed by atoms with Crippen LogP contribution in [0, 0.1) is 0 Å². The van der Waals surface area contributed by atoms with Gasteiger partial charge >= 0.3 is 0 Å². The van der Waals surface area contributed by atoms with Crippen molar-refractivity contribution >= 4 is 22.5 Å². The molecule has 6 heteroatoms. The third-order valence-electron chi connectivity index (χ3n) is 4.01. The summed E-state index contributed by atoms with van der Waals surface area (Å²) in [5.41, 5.74) is 0.0661. The van der Waals surface area contributed by atoms with E-state index in [1.54, 1.807) is 43.4 Å². The zero-order chi connectivity index (χ0) is 17.4. The second-order valence-electron chi connectivity index (χ2n) is 5.49. The number of nitrogens with zero attached hydrogens (tertiary/aromatic N) is 2. The van der Waals surface area contributed by atoms with E-state index in [0.29, 0.717) is 16.6 Å². The average molecular weight is 324 g/mol. The quantitative estimate of drug-likeness (QED) is 0.757. The van der Waals surface area contributed by atoms with Crippen molar-refractivity contribution in [1.29, 1.82) is 0 Å². The van der Waals surface area contributed by atoms with Crippen LogP contribution in [0.15, 0.2) is 53.3 Å². The van der Waals surface area contributed by atoms with E-state index in [9.17, 15) is 19.8 Å². The minimum absolute atomic E-state index is 0.00258. The molecule has 3 rings (SSSR count). The summed E-state index contributed by atoms with van der Waals surface area (Å²) >= 11 is 0. The predicted octanol–water partition coefficient (Wildman–Crippen LogP) is 2.23. The van der Waals surface area contributed by atoms with Crippen molar-refractivity contribution in [1.82, 2.24) is 4.57 Å². The molecule has 0 saturated carbocycles. The fourth-order valence-electron chi connectivity index (χ4n) is 2.66. The first-order valence-electron chi connectivity index (χ1n) is 7.29. The molecule has 0 bridgehead atoms. The number of anilines is 1. The molecule has 0 aliphatic heterocycles. The van der Waals surface area contributed by atoms with Crippen molar-refractivity contribution in [2.24, 2.45) is 7.05 Å². The monoisotopic (exact) mass is 324 g/mol. The Kier molecular flexibility index (Phi) is 3.73. The van der Waals surface area contributed by atoms with Crippen LogP contribution in [0.5, 0.6) is 11.5 Å². The molecule has 2 aromatic carbocycles. The summed E-state index contributed by atoms with van der Waals surface area (Å²) in [5.74, 6) is -0.988. The van der Waals surface area contributed by atoms with Gasteiger partial charge < -0.3 is 19.7 Å². The number of pyridine rings is 1. The molecule has 1 heterocycles. The smallest absolute Gasteiger partial charge is 0.267 e. The summed E-state index contributed by atoms with van der Waals surface area (Å²) in [6.45, 7) is 0. The van der Waals surface area contributed by atoms with Gasteiger partial charge in [0.15, 0.2) is 0 Å². The molecular weight excluding hydrogens is 308 g/mol. The maximum atomic E-state index is 12.8. The van der Waals surface area contributed by atoms with Gasteiger partial charge in [-0.3, -0.25) is 9.59 Å². The second kappa shape index (κ2) is 5.73. The molecule has 0 atom stereocenters. The first-order chi connectivity index (χ1) is 11.4. The van der Waals surface area contributed by atoms with Crippen molar-refractivity contribution in [2.75, 3.05) is 11.9 Å². The number of phenolic OH excluding ortho intramolecular Hbond substituents is 1. The molecule has 0 aliphatic carbocycles. The van der Waals surface area contributed by atoms with Gasteiger partial charge in [0.25, 0.3) is 11.5 Å². The van der Waals surface area contributed by atoms with E-state index in [0.717, 1.165) is 0 Å². The first kappa shape index (κ1) is 15.6. The molecule has 0 saturated heterocycles. The van der Waals surface area contributed by atoms with Crippen LogP contribution in [0.3, 0.4) is 0 Å². The topological polar surface area (TPSA) is 82.8 Å². The molecule has 1 amide bonds. The lowest BCUT2D eigenvalue weighted by Gasteiger charge is -2.19. The molecule has 122 valence electrons. The zero-order valence-corrected chi connectivity index (χ0v) is 13.2. The van der Waals surface area contributed by atoms with Crippen molar-refractivity contribution in [3.8, 4) is 11.5 Å². The van der Waals surface area contributed by atoms with Crippen molar-refractivity contribution < 1.29 is 15.0 Å². The van der Waals surface area contributed by atoms with Crippen molar-refractivity contribution in [3.05, 3.63) is 64.4 Å². The van der Waals surface area contributed by atoms with Crippen LogP contribution in [-0.2, 0) is 7.05 Å². The molecule has 2 N–H and O–H groups in total. The Hall–Kier alpha value is -3.28. The van der Waals surface area contributed by atoms with Gasteiger partial charge in [-0.1, -0.05) is 18.2 Å². The minimum Gasteiger partial charge on any atom is -0.508 e. The van der Waals surface area contributed by atoms with E-state index < -0.39 is 11.5 Å². The fraction of sp³-hybridized carbons (Fsp3) is 0.111. The summed E-state index contributed by atoms with van der Waals surface area (Å²) < 4.78 is 1.33. The number of aromatic hydroxyl groups is 2. The molecule has 0 aliphatic rings. The minimum atomic E-state index is -0.649. The first-order valence-corrected chi connectivity index (χ1v) is 7.29. The number of hydrogen-bond donors (Lipinski definition) is 2. The summed E-state index contributed by atoms with van der Waals surface area (Å²) in [6, 6.07) is 12.9. The number of carbonyl (C=O) groups excluding carboxylic acids is 1. The lowest BCUT2D eigenvalue weighted by molar-refractivity contribution is 0.0988. The van der Waals surface area contributed by atoms with Crippen LogP contribution in [0.4, 0.5) is 5.69 Å². The molecule has 0 spiro atoms. The van der Waals surface area contributed by atoms with Crippen molar-refractivity contribution in [3.63, 3.8) is 0 Å². The molecule has 0 radical (unpaired) electrons. The van der Waals surface area contributed by atoms with E-state index in [-0.39, 0.29) is 17.1 Å². The molecule has 3 aromatic rings. The number of benzene rings is 2. The number of para-hydroxylation sites is 1. The van der Waals surface area contributed by atoms with E-state index in [2.05, 4.69) is 0 Å². The number of aryl methyl sites for hydroxylation is 1. The van der Waals surface area contributed by atoms with Crippen LogP contribution in [-0.4, -0.2) is 27.7 Å². The van der Waals surface area contributed by atoms with Crippen LogP contribution < -0.4 is 10.5 Å². The van der Waals surface area contributed by atoms with E-state index >= 15 is 0 Å². The van der Waals surface area contributed by atoms with Gasteiger partial charge in [-0.15, -0.1) is 0 Å². The highest BCUT2D eigenvalue weighted by Crippen LogP contribution is 2.28. The summed E-state index contributed by atoms with van der Waals surface area (Å²) in [6.07, 6.45) is 0. The third-order valence-corrected chi connectivity index (χ3v) is 4.01. The fourth-order valence-corrected chi connectivity index (χ4v) is 2.66. The van der Waals surface area contributed by atoms with Crippen LogP contribution >= 0.6 is 0 Å². The van der Waals surface area contributed by atoms with Gasteiger partial charge in [-0.2, -0.15) is 0 Å². The highest BCUT2D eigenvalue weighted by Gasteiger charge is 2.24. The Balaban J connectivity index is 2.19. The normalized spacial score (nSPS) is 10.8. The van der Waals surface area contributed by atoms with E-state index in [1.165, 1.54) is 28.6 Å². The Morgan fingerprint density at radius 3 is 2.50 bits per heavy atom. The molecule has 1 aromatic heterocycles. The Bertz CT molecular complexity index is 1010. The number of carbonyl (C=O) groups is 1. The van der Waals surface area contributed by atoms with Gasteiger partial charge in [0.2, 0.25) is 0 Å². The van der Waals surface area contributed by atoms with Crippen LogP contribution in [0.25, 0.3) is 10.9 Å². The van der Waals surface area contributed by atoms with Gasteiger partial charge in [-0.05, 0) is 24.3 Å². The number of hydrogen-bond acceptors (Lipinski definition) is 4. The lowest BCUT2D eigenvalue weighted by atomic mass is 10.1. The van der Waals surface area contributed by atoms with Gasteiger partial charge in [0.1, 0.15) is 17.1 Å². The van der Waals surface area contributed by atoms with E-state index in [1.807, 2.05) is 0 Å². The third kappa shape index (κ3) is 2.38. The lowest BCUT2D eigenvalue weighted by Crippen LogP contribution is -2.34. The number of aromatic nitrogens is 1. The van der Waals surface area contributed by atoms with E-state index in [4.69, 9.17) is 0 Å². The predicted molar refractivity (Wildman–Crippen MR) is 91.7 cm³/mol. The van der Waals surface area contributed by atoms with Gasteiger partial charge in [-0.25, -0.2) is 0 Å². The van der Waals surface area contributed by atoms with Crippen LogP contribution in [0.1, 0.15) is 10.4 Å². The largest absolute Gasteiger partial charge is 0.508 e. The standard InChI is InChI=1S/C18H16N2O4/c1-19(11-6-5-7-12(21)10-11)17(23)15-16(22)13-8-3-4-9-14(13)20(2)18(15)24/h3-10,21-22H,1-2H3. The average Bonchev–Trinajstić information content (AvgIpc) is 2.59. The molecule has 24 heavy (non-hydrogen) atoms. The molecule has 6 nitrogen and oxygen atoms in total. The van der Waals surface area contributed by atoms with Crippen LogP contribution in [0.2, 0.25) is 0 Å². The number of amides is 1. The summed E-state index contributed by atoms with van der Waals surface area (Å²) in [5, 5.41) is 20.4. The number of phenols is 1. The maximum absolute atomic E-state index is 12.8. The van der Waals surface area contributed by atoms with Gasteiger partial charge in [0, 0.05) is 31.2 Å². The molecular formula is C18H16N2O4. The molecule has 0 fully saturated rings. The number of fused-ring (bicyclic) bond motifs is 1. The highest BCUT2D eigenvalue weighted by molar-refractivity contribution is 6.10. The van der Waals surface area contributed by atoms with Crippen molar-refractivity contribution in [2.45, 2.75) is 0 Å². The highest BCUT2D eigenvalue weighted by atomic mass is 16.3. The second-order valence-corrected chi connectivity index (χ2v) is 5.49. The summed E-state index contributed by atoms with van der Waals surface area (Å²) in [4.78, 5) is 26.5. The SMILES string of the molecule is CN(C(=O)c1c(O)c2ccccc2n(C)c1=O)c1cccc(O)c1. The number of rotatable bonds is 2. The maximum Gasteiger partial charge on any atom is 0.267 e. The zero-order valence-electron chi connectivity index (χ0n) is 13.2. The van der Waals surface area contributed by atoms with Gasteiger partial charge in [0.05, 0.1) is 5.52 Å². The Labute approximate surface area is 137 Å².